The van der Waals surface area contributed by atoms with E-state index in [4.69, 9.17) is 0 Å². The van der Waals surface area contributed by atoms with Gasteiger partial charge in [0.15, 0.2) is 0 Å². The number of unbranched alkanes of at least 4 members (excludes halogenated alkanes) is 2. The first-order chi connectivity index (χ1) is 10.2. The third-order valence-corrected chi connectivity index (χ3v) is 3.79. The summed E-state index contributed by atoms with van der Waals surface area (Å²) in [6.07, 6.45) is 6.93. The van der Waals surface area contributed by atoms with Crippen LogP contribution >= 0.6 is 0 Å². The van der Waals surface area contributed by atoms with Crippen LogP contribution in [0, 0.1) is 6.92 Å². The lowest BCUT2D eigenvalue weighted by Gasteiger charge is -2.26. The molecule has 0 saturated carbocycles. The van der Waals surface area contributed by atoms with Gasteiger partial charge in [0.05, 0.1) is 0 Å². The van der Waals surface area contributed by atoms with Crippen LogP contribution in [0.1, 0.15) is 61.8 Å². The quantitative estimate of drug-likeness (QED) is 0.818. The number of carbonyl (C=O) groups is 1. The number of aromatic nitrogens is 2. The topological polar surface area (TPSA) is 58.1 Å². The second-order valence-corrected chi connectivity index (χ2v) is 5.67. The van der Waals surface area contributed by atoms with Crippen LogP contribution in [-0.4, -0.2) is 40.4 Å². The summed E-state index contributed by atoms with van der Waals surface area (Å²) in [5.41, 5.74) is 0.516. The number of piperidine rings is 1. The Morgan fingerprint density at radius 1 is 1.24 bits per heavy atom. The molecule has 1 N–H and O–H groups in total. The van der Waals surface area contributed by atoms with Gasteiger partial charge in [-0.25, -0.2) is 9.97 Å². The van der Waals surface area contributed by atoms with Crippen molar-refractivity contribution in [2.45, 2.75) is 52.4 Å². The van der Waals surface area contributed by atoms with Crippen LogP contribution in [0.15, 0.2) is 6.07 Å². The van der Waals surface area contributed by atoms with Gasteiger partial charge in [0.1, 0.15) is 17.3 Å². The Morgan fingerprint density at radius 2 is 2.00 bits per heavy atom. The van der Waals surface area contributed by atoms with Gasteiger partial charge < -0.3 is 10.2 Å². The van der Waals surface area contributed by atoms with Gasteiger partial charge in [0.2, 0.25) is 0 Å². The van der Waals surface area contributed by atoms with Crippen molar-refractivity contribution in [3.63, 3.8) is 0 Å². The molecule has 1 amide bonds. The molecule has 5 nitrogen and oxygen atoms in total. The molecule has 0 spiro atoms. The van der Waals surface area contributed by atoms with Crippen LogP contribution < -0.4 is 5.32 Å². The number of nitrogens with one attached hydrogen (secondary N) is 1. The highest BCUT2D eigenvalue weighted by molar-refractivity contribution is 5.93. The smallest absolute Gasteiger partial charge is 0.272 e. The molecule has 1 aliphatic rings. The van der Waals surface area contributed by atoms with Crippen molar-refractivity contribution in [3.05, 3.63) is 17.6 Å². The van der Waals surface area contributed by atoms with Gasteiger partial charge in [-0.15, -0.1) is 0 Å². The van der Waals surface area contributed by atoms with Gasteiger partial charge in [0, 0.05) is 25.7 Å². The standard InChI is InChI=1S/C16H26N4O/c1-3-4-6-9-17-15-12-14(18-13(2)19-15)16(21)20-10-7-5-8-11-20/h12H,3-11H2,1-2H3,(H,17,18,19). The molecular weight excluding hydrogens is 264 g/mol. The van der Waals surface area contributed by atoms with Gasteiger partial charge in [0.25, 0.3) is 5.91 Å². The number of aryl methyl sites for hydroxylation is 1. The number of likely N-dealkylation sites (tertiary alicyclic amines) is 1. The van der Waals surface area contributed by atoms with Crippen molar-refractivity contribution in [1.82, 2.24) is 14.9 Å². The fraction of sp³-hybridized carbons (Fsp3) is 0.688. The zero-order chi connectivity index (χ0) is 15.1. The summed E-state index contributed by atoms with van der Waals surface area (Å²) in [6.45, 7) is 6.61. The lowest BCUT2D eigenvalue weighted by Crippen LogP contribution is -2.36. The van der Waals surface area contributed by atoms with E-state index < -0.39 is 0 Å². The molecule has 2 heterocycles. The molecule has 1 fully saturated rings. The number of carbonyl (C=O) groups excluding carboxylic acids is 1. The van der Waals surface area contributed by atoms with Gasteiger partial charge in [-0.1, -0.05) is 19.8 Å². The Balaban J connectivity index is 2.01. The molecule has 0 bridgehead atoms. The SMILES string of the molecule is CCCCCNc1cc(C(=O)N2CCCCC2)nc(C)n1. The number of hydrogen-bond donors (Lipinski definition) is 1. The fourth-order valence-electron chi connectivity index (χ4n) is 2.62. The van der Waals surface area contributed by atoms with Crippen LogP contribution in [0.2, 0.25) is 0 Å². The Labute approximate surface area is 127 Å². The lowest BCUT2D eigenvalue weighted by atomic mass is 10.1. The number of amides is 1. The molecule has 0 aliphatic carbocycles. The van der Waals surface area contributed by atoms with E-state index in [0.717, 1.165) is 44.7 Å². The van der Waals surface area contributed by atoms with Gasteiger partial charge in [-0.3, -0.25) is 4.79 Å². The maximum Gasteiger partial charge on any atom is 0.272 e. The highest BCUT2D eigenvalue weighted by atomic mass is 16.2. The van der Waals surface area contributed by atoms with E-state index in [1.54, 1.807) is 6.07 Å². The zero-order valence-corrected chi connectivity index (χ0v) is 13.2. The van der Waals surface area contributed by atoms with Crippen molar-refractivity contribution in [1.29, 1.82) is 0 Å². The minimum absolute atomic E-state index is 0.0387. The van der Waals surface area contributed by atoms with E-state index in [1.807, 2.05) is 11.8 Å². The van der Waals surface area contributed by atoms with E-state index in [0.29, 0.717) is 11.5 Å². The maximum absolute atomic E-state index is 12.5. The molecular formula is C16H26N4O. The molecule has 5 heteroatoms. The zero-order valence-electron chi connectivity index (χ0n) is 13.2. The van der Waals surface area contributed by atoms with E-state index >= 15 is 0 Å². The molecule has 116 valence electrons. The summed E-state index contributed by atoms with van der Waals surface area (Å²) in [4.78, 5) is 23.1. The molecule has 0 radical (unpaired) electrons. The van der Waals surface area contributed by atoms with Gasteiger partial charge in [-0.2, -0.15) is 0 Å². The average Bonchev–Trinajstić information content (AvgIpc) is 2.51. The first kappa shape index (κ1) is 15.7. The molecule has 1 aromatic rings. The van der Waals surface area contributed by atoms with E-state index in [2.05, 4.69) is 22.2 Å². The summed E-state index contributed by atoms with van der Waals surface area (Å²) in [5, 5.41) is 3.30. The third kappa shape index (κ3) is 4.69. The molecule has 0 unspecified atom stereocenters. The molecule has 1 aromatic heterocycles. The summed E-state index contributed by atoms with van der Waals surface area (Å²) >= 11 is 0. The van der Waals surface area contributed by atoms with Crippen LogP contribution in [0.4, 0.5) is 5.82 Å². The monoisotopic (exact) mass is 290 g/mol. The third-order valence-electron chi connectivity index (χ3n) is 3.79. The molecule has 1 aliphatic heterocycles. The Morgan fingerprint density at radius 3 is 2.71 bits per heavy atom. The maximum atomic E-state index is 12.5. The predicted molar refractivity (Wildman–Crippen MR) is 84.5 cm³/mol. The fourth-order valence-corrected chi connectivity index (χ4v) is 2.62. The summed E-state index contributed by atoms with van der Waals surface area (Å²) < 4.78 is 0. The summed E-state index contributed by atoms with van der Waals surface area (Å²) in [5.74, 6) is 1.45. The highest BCUT2D eigenvalue weighted by Crippen LogP contribution is 2.14. The minimum Gasteiger partial charge on any atom is -0.370 e. The second-order valence-electron chi connectivity index (χ2n) is 5.67. The first-order valence-electron chi connectivity index (χ1n) is 8.09. The summed E-state index contributed by atoms with van der Waals surface area (Å²) in [7, 11) is 0. The van der Waals surface area contributed by atoms with Crippen LogP contribution in [0.25, 0.3) is 0 Å². The van der Waals surface area contributed by atoms with E-state index in [1.165, 1.54) is 19.3 Å². The number of anilines is 1. The highest BCUT2D eigenvalue weighted by Gasteiger charge is 2.20. The van der Waals surface area contributed by atoms with Crippen LogP contribution in [-0.2, 0) is 0 Å². The van der Waals surface area contributed by atoms with Crippen molar-refractivity contribution < 1.29 is 4.79 Å². The second kappa shape index (κ2) is 7.96. The molecule has 0 aromatic carbocycles. The summed E-state index contributed by atoms with van der Waals surface area (Å²) in [6, 6.07) is 1.79. The molecule has 0 atom stereocenters. The number of nitrogens with zero attached hydrogens (tertiary/aromatic N) is 3. The minimum atomic E-state index is 0.0387. The van der Waals surface area contributed by atoms with Gasteiger partial charge in [-0.05, 0) is 32.6 Å². The van der Waals surface area contributed by atoms with Crippen molar-refractivity contribution in [2.75, 3.05) is 25.0 Å². The van der Waals surface area contributed by atoms with Crippen molar-refractivity contribution >= 4 is 11.7 Å². The van der Waals surface area contributed by atoms with Crippen molar-refractivity contribution in [3.8, 4) is 0 Å². The first-order valence-corrected chi connectivity index (χ1v) is 8.09. The van der Waals surface area contributed by atoms with Gasteiger partial charge >= 0.3 is 0 Å². The van der Waals surface area contributed by atoms with Crippen LogP contribution in [0.3, 0.4) is 0 Å². The molecule has 21 heavy (non-hydrogen) atoms. The largest absolute Gasteiger partial charge is 0.370 e. The molecule has 2 rings (SSSR count). The van der Waals surface area contributed by atoms with E-state index in [-0.39, 0.29) is 5.91 Å². The Bertz CT molecular complexity index is 469. The number of rotatable bonds is 6. The van der Waals surface area contributed by atoms with Crippen LogP contribution in [0.5, 0.6) is 0 Å². The number of hydrogen-bond acceptors (Lipinski definition) is 4. The molecule has 1 saturated heterocycles. The lowest BCUT2D eigenvalue weighted by molar-refractivity contribution is 0.0718. The normalized spacial score (nSPS) is 15.0. The average molecular weight is 290 g/mol. The Hall–Kier alpha value is -1.65. The van der Waals surface area contributed by atoms with Crippen molar-refractivity contribution in [2.24, 2.45) is 0 Å². The Kier molecular flexibility index (Phi) is 5.96. The predicted octanol–water partition coefficient (Wildman–Crippen LogP) is 3.01. The van der Waals surface area contributed by atoms with E-state index in [9.17, 15) is 4.79 Å².